The molecule has 36 heavy (non-hydrogen) atoms. The van der Waals surface area contributed by atoms with Gasteiger partial charge >= 0.3 is 0 Å². The van der Waals surface area contributed by atoms with Crippen molar-refractivity contribution >= 4 is 28.9 Å². The zero-order valence-corrected chi connectivity index (χ0v) is 20.7. The first kappa shape index (κ1) is 24.3. The molecule has 0 spiro atoms. The van der Waals surface area contributed by atoms with E-state index in [4.69, 9.17) is 4.74 Å². The first-order chi connectivity index (χ1) is 17.5. The lowest BCUT2D eigenvalue weighted by molar-refractivity contribution is 0.0525. The monoisotopic (exact) mass is 495 g/mol. The van der Waals surface area contributed by atoms with Crippen LogP contribution < -0.4 is 21.5 Å². The number of rotatable bonds is 9. The highest BCUT2D eigenvalue weighted by atomic mass is 16.5. The fourth-order valence-electron chi connectivity index (χ4n) is 4.91. The molecule has 1 amide bonds. The predicted molar refractivity (Wildman–Crippen MR) is 136 cm³/mol. The molecule has 0 saturated heterocycles. The molecule has 2 aliphatic rings. The van der Waals surface area contributed by atoms with Crippen LogP contribution in [-0.4, -0.2) is 63.6 Å². The number of anilines is 3. The molecular formula is C25H33N7O4. The van der Waals surface area contributed by atoms with Gasteiger partial charge in [-0.3, -0.25) is 9.59 Å². The van der Waals surface area contributed by atoms with Crippen LogP contribution in [0, 0.1) is 5.41 Å². The highest BCUT2D eigenvalue weighted by molar-refractivity contribution is 6.00. The van der Waals surface area contributed by atoms with Gasteiger partial charge in [-0.15, -0.1) is 0 Å². The van der Waals surface area contributed by atoms with Crippen LogP contribution in [0.1, 0.15) is 54.9 Å². The van der Waals surface area contributed by atoms with E-state index in [1.54, 1.807) is 35.4 Å². The summed E-state index contributed by atoms with van der Waals surface area (Å²) in [6.07, 6.45) is 9.03. The number of nitrogens with zero attached hydrogens (tertiary/aromatic N) is 4. The van der Waals surface area contributed by atoms with Gasteiger partial charge in [-0.25, -0.2) is 4.98 Å². The molecule has 0 radical (unpaired) electrons. The molecule has 2 saturated carbocycles. The second-order valence-electron chi connectivity index (χ2n) is 9.85. The number of carbonyl (C=O) groups is 1. The van der Waals surface area contributed by atoms with Crippen molar-refractivity contribution in [3.05, 3.63) is 46.5 Å². The number of carbonyl (C=O) groups excluding carboxylic acids is 1. The predicted octanol–water partition coefficient (Wildman–Crippen LogP) is 2.31. The summed E-state index contributed by atoms with van der Waals surface area (Å²) in [5.41, 5.74) is 0.755. The lowest BCUT2D eigenvalue weighted by Gasteiger charge is -2.29. The summed E-state index contributed by atoms with van der Waals surface area (Å²) in [6.45, 7) is 0.463. The molecule has 192 valence electrons. The van der Waals surface area contributed by atoms with E-state index in [1.165, 1.54) is 6.20 Å². The lowest BCUT2D eigenvalue weighted by Crippen LogP contribution is -2.32. The summed E-state index contributed by atoms with van der Waals surface area (Å²) in [4.78, 5) is 30.9. The maximum atomic E-state index is 13.3. The zero-order valence-electron chi connectivity index (χ0n) is 20.7. The van der Waals surface area contributed by atoms with Gasteiger partial charge in [0.05, 0.1) is 18.9 Å². The molecule has 0 unspecified atom stereocenters. The number of pyridine rings is 1. The van der Waals surface area contributed by atoms with Gasteiger partial charge in [-0.2, -0.15) is 9.61 Å². The van der Waals surface area contributed by atoms with Crippen molar-refractivity contribution in [1.82, 2.24) is 24.5 Å². The Labute approximate surface area is 208 Å². The molecular weight excluding hydrogens is 462 g/mol. The first-order valence-electron chi connectivity index (χ1n) is 12.4. The van der Waals surface area contributed by atoms with E-state index in [1.807, 2.05) is 12.3 Å². The number of aromatic nitrogens is 4. The molecule has 11 heteroatoms. The maximum Gasteiger partial charge on any atom is 0.274 e. The standard InChI is InChI=1S/C25H33N7O4/c1-26-21-12-20(29-19-7-4-10-31(24(19)35)16-5-3-6-17(11-16)36-2)30-22-18(13-28-32(21)22)23(34)27-14-25(15-33)8-9-25/h4,7,10,12-13,16-17,26,33H,3,5-6,8-9,11,14-15H2,1-2H3,(H,27,34)(H,29,30)/t16-,17+/m0/s1. The quantitative estimate of drug-likeness (QED) is 0.355. The van der Waals surface area contributed by atoms with Crippen LogP contribution in [0.2, 0.25) is 0 Å². The third-order valence-corrected chi connectivity index (χ3v) is 7.45. The van der Waals surface area contributed by atoms with Crippen molar-refractivity contribution in [2.45, 2.75) is 50.7 Å². The van der Waals surface area contributed by atoms with Gasteiger partial charge in [0.2, 0.25) is 0 Å². The average Bonchev–Trinajstić information content (AvgIpc) is 3.57. The number of hydrogen-bond acceptors (Lipinski definition) is 8. The molecule has 0 bridgehead atoms. The Morgan fingerprint density at radius 2 is 2.17 bits per heavy atom. The molecule has 4 N–H and O–H groups in total. The van der Waals surface area contributed by atoms with Crippen molar-refractivity contribution < 1.29 is 14.6 Å². The van der Waals surface area contributed by atoms with Gasteiger partial charge in [0.1, 0.15) is 22.9 Å². The fourth-order valence-corrected chi connectivity index (χ4v) is 4.91. The largest absolute Gasteiger partial charge is 0.396 e. The fraction of sp³-hybridized carbons (Fsp3) is 0.520. The third-order valence-electron chi connectivity index (χ3n) is 7.45. The Kier molecular flexibility index (Phi) is 6.67. The number of fused-ring (bicyclic) bond motifs is 1. The summed E-state index contributed by atoms with van der Waals surface area (Å²) < 4.78 is 8.87. The van der Waals surface area contributed by atoms with Crippen molar-refractivity contribution in [2.24, 2.45) is 5.41 Å². The van der Waals surface area contributed by atoms with Crippen LogP contribution in [0.3, 0.4) is 0 Å². The Hall–Kier alpha value is -3.44. The molecule has 3 aromatic rings. The van der Waals surface area contributed by atoms with Crippen molar-refractivity contribution in [3.63, 3.8) is 0 Å². The van der Waals surface area contributed by atoms with Crippen molar-refractivity contribution in [2.75, 3.05) is 37.9 Å². The normalized spacial score (nSPS) is 20.8. The van der Waals surface area contributed by atoms with Crippen LogP contribution in [0.4, 0.5) is 17.3 Å². The molecule has 11 nitrogen and oxygen atoms in total. The summed E-state index contributed by atoms with van der Waals surface area (Å²) in [5, 5.41) is 23.0. The van der Waals surface area contributed by atoms with E-state index in [-0.39, 0.29) is 35.6 Å². The molecule has 2 atom stereocenters. The molecule has 5 rings (SSSR count). The second-order valence-corrected chi connectivity index (χ2v) is 9.85. The number of amides is 1. The van der Waals surface area contributed by atoms with E-state index in [9.17, 15) is 14.7 Å². The van der Waals surface area contributed by atoms with Crippen molar-refractivity contribution in [1.29, 1.82) is 0 Å². The molecule has 3 aromatic heterocycles. The Bertz CT molecular complexity index is 1310. The minimum absolute atomic E-state index is 0.0554. The van der Waals surface area contributed by atoms with E-state index in [2.05, 4.69) is 26.0 Å². The lowest BCUT2D eigenvalue weighted by atomic mass is 9.92. The van der Waals surface area contributed by atoms with E-state index < -0.39 is 0 Å². The summed E-state index contributed by atoms with van der Waals surface area (Å²) >= 11 is 0. The van der Waals surface area contributed by atoms with Crippen LogP contribution in [0.15, 0.2) is 35.4 Å². The summed E-state index contributed by atoms with van der Waals surface area (Å²) in [7, 11) is 3.47. The number of nitrogens with one attached hydrogen (secondary N) is 3. The smallest absolute Gasteiger partial charge is 0.274 e. The topological polar surface area (TPSA) is 135 Å². The van der Waals surface area contributed by atoms with Crippen LogP contribution in [0.25, 0.3) is 5.65 Å². The van der Waals surface area contributed by atoms with Gasteiger partial charge < -0.3 is 30.4 Å². The number of aliphatic hydroxyl groups is 1. The summed E-state index contributed by atoms with van der Waals surface area (Å²) in [5.74, 6) is 0.731. The van der Waals surface area contributed by atoms with Crippen LogP contribution >= 0.6 is 0 Å². The summed E-state index contributed by atoms with van der Waals surface area (Å²) in [6, 6.07) is 5.41. The average molecular weight is 496 g/mol. The van der Waals surface area contributed by atoms with Gasteiger partial charge in [0, 0.05) is 44.4 Å². The Morgan fingerprint density at radius 3 is 2.89 bits per heavy atom. The molecule has 2 fully saturated rings. The number of ether oxygens (including phenoxy) is 1. The third kappa shape index (κ3) is 4.68. The van der Waals surface area contributed by atoms with E-state index in [0.29, 0.717) is 35.1 Å². The SMILES string of the molecule is CNc1cc(Nc2cccn([C@H]3CCC[C@@H](OC)C3)c2=O)nc2c(C(=O)NCC3(CO)CC3)cnn12. The Balaban J connectivity index is 1.42. The maximum absolute atomic E-state index is 13.3. The number of hydrogen-bond donors (Lipinski definition) is 4. The number of aliphatic hydroxyl groups excluding tert-OH is 1. The van der Waals surface area contributed by atoms with Gasteiger partial charge in [-0.05, 0) is 50.7 Å². The van der Waals surface area contributed by atoms with E-state index in [0.717, 1.165) is 38.5 Å². The van der Waals surface area contributed by atoms with Crippen LogP contribution in [-0.2, 0) is 4.74 Å². The van der Waals surface area contributed by atoms with Crippen LogP contribution in [0.5, 0.6) is 0 Å². The zero-order chi connectivity index (χ0) is 25.3. The molecule has 0 aliphatic heterocycles. The highest BCUT2D eigenvalue weighted by Gasteiger charge is 2.42. The minimum Gasteiger partial charge on any atom is -0.396 e. The van der Waals surface area contributed by atoms with Crippen molar-refractivity contribution in [3.8, 4) is 0 Å². The minimum atomic E-state index is -0.302. The van der Waals surface area contributed by atoms with Gasteiger partial charge in [0.15, 0.2) is 5.65 Å². The molecule has 3 heterocycles. The second kappa shape index (κ2) is 9.90. The number of methoxy groups -OCH3 is 1. The first-order valence-corrected chi connectivity index (χ1v) is 12.4. The highest BCUT2D eigenvalue weighted by Crippen LogP contribution is 2.44. The Morgan fingerprint density at radius 1 is 1.33 bits per heavy atom. The van der Waals surface area contributed by atoms with Gasteiger partial charge in [-0.1, -0.05) is 0 Å². The molecule has 2 aliphatic carbocycles. The van der Waals surface area contributed by atoms with Gasteiger partial charge in [0.25, 0.3) is 11.5 Å². The van der Waals surface area contributed by atoms with E-state index >= 15 is 0 Å². The molecule has 0 aromatic carbocycles.